The maximum absolute atomic E-state index is 5.88. The van der Waals surface area contributed by atoms with Gasteiger partial charge in [0, 0.05) is 19.2 Å². The fourth-order valence-corrected chi connectivity index (χ4v) is 2.40. The Morgan fingerprint density at radius 2 is 2.25 bits per heavy atom. The van der Waals surface area contributed by atoms with Gasteiger partial charge in [0.25, 0.3) is 0 Å². The van der Waals surface area contributed by atoms with E-state index in [9.17, 15) is 0 Å². The molecule has 3 nitrogen and oxygen atoms in total. The summed E-state index contributed by atoms with van der Waals surface area (Å²) in [5.74, 6) is 0.961. The van der Waals surface area contributed by atoms with Crippen molar-refractivity contribution < 1.29 is 9.47 Å². The summed E-state index contributed by atoms with van der Waals surface area (Å²) < 4.78 is 11.5. The molecule has 20 heavy (non-hydrogen) atoms. The van der Waals surface area contributed by atoms with Crippen LogP contribution >= 0.6 is 0 Å². The second-order valence-electron chi connectivity index (χ2n) is 5.67. The molecule has 1 fully saturated rings. The Morgan fingerprint density at radius 1 is 1.40 bits per heavy atom. The molecule has 1 N–H and O–H groups in total. The molecule has 1 heterocycles. The SMILES string of the molecule is CC[C@@H](C)Oc1cccc([C@H](C)NC[C@@H]2CCCO2)c1. The molecule has 0 aromatic heterocycles. The Labute approximate surface area is 122 Å². The van der Waals surface area contributed by atoms with Crippen LogP contribution in [0.25, 0.3) is 0 Å². The van der Waals surface area contributed by atoms with Gasteiger partial charge in [-0.3, -0.25) is 0 Å². The Kier molecular flexibility index (Phi) is 5.86. The molecular weight excluding hydrogens is 250 g/mol. The number of benzene rings is 1. The van der Waals surface area contributed by atoms with Crippen molar-refractivity contribution in [2.75, 3.05) is 13.2 Å². The highest BCUT2D eigenvalue weighted by Gasteiger charge is 2.16. The molecule has 0 aliphatic carbocycles. The molecule has 1 aliphatic heterocycles. The first kappa shape index (κ1) is 15.3. The van der Waals surface area contributed by atoms with Crippen molar-refractivity contribution in [2.45, 2.75) is 58.3 Å². The van der Waals surface area contributed by atoms with Gasteiger partial charge >= 0.3 is 0 Å². The summed E-state index contributed by atoms with van der Waals surface area (Å²) in [5, 5.41) is 3.55. The predicted molar refractivity (Wildman–Crippen MR) is 82.2 cm³/mol. The zero-order valence-corrected chi connectivity index (χ0v) is 12.9. The lowest BCUT2D eigenvalue weighted by molar-refractivity contribution is 0.108. The molecule has 0 bridgehead atoms. The predicted octanol–water partition coefficient (Wildman–Crippen LogP) is 3.69. The Morgan fingerprint density at radius 3 is 2.95 bits per heavy atom. The zero-order chi connectivity index (χ0) is 14.4. The number of ether oxygens (including phenoxy) is 2. The molecule has 1 saturated heterocycles. The highest BCUT2D eigenvalue weighted by atomic mass is 16.5. The summed E-state index contributed by atoms with van der Waals surface area (Å²) in [7, 11) is 0. The first-order valence-corrected chi connectivity index (χ1v) is 7.80. The van der Waals surface area contributed by atoms with Gasteiger partial charge in [0.05, 0.1) is 12.2 Å². The topological polar surface area (TPSA) is 30.5 Å². The lowest BCUT2D eigenvalue weighted by Gasteiger charge is -2.19. The summed E-state index contributed by atoms with van der Waals surface area (Å²) in [5.41, 5.74) is 1.27. The van der Waals surface area contributed by atoms with Crippen LogP contribution in [0.3, 0.4) is 0 Å². The van der Waals surface area contributed by atoms with Gasteiger partial charge in [-0.2, -0.15) is 0 Å². The third-order valence-corrected chi connectivity index (χ3v) is 3.95. The van der Waals surface area contributed by atoms with Crippen molar-refractivity contribution >= 4 is 0 Å². The second kappa shape index (κ2) is 7.65. The molecule has 1 aromatic rings. The lowest BCUT2D eigenvalue weighted by Crippen LogP contribution is -2.28. The van der Waals surface area contributed by atoms with Crippen LogP contribution < -0.4 is 10.1 Å². The normalized spacial score (nSPS) is 21.6. The average molecular weight is 277 g/mol. The van der Waals surface area contributed by atoms with Crippen molar-refractivity contribution in [1.29, 1.82) is 0 Å². The van der Waals surface area contributed by atoms with Crippen molar-refractivity contribution in [3.05, 3.63) is 29.8 Å². The maximum atomic E-state index is 5.88. The summed E-state index contributed by atoms with van der Waals surface area (Å²) in [6, 6.07) is 8.70. The molecule has 0 unspecified atom stereocenters. The minimum absolute atomic E-state index is 0.264. The van der Waals surface area contributed by atoms with Crippen molar-refractivity contribution in [2.24, 2.45) is 0 Å². The molecule has 112 valence electrons. The van der Waals surface area contributed by atoms with E-state index in [-0.39, 0.29) is 6.10 Å². The highest BCUT2D eigenvalue weighted by Crippen LogP contribution is 2.21. The fourth-order valence-electron chi connectivity index (χ4n) is 2.40. The van der Waals surface area contributed by atoms with E-state index in [1.807, 2.05) is 6.07 Å². The smallest absolute Gasteiger partial charge is 0.120 e. The molecule has 1 aromatic carbocycles. The summed E-state index contributed by atoms with van der Waals surface area (Å²) in [6.07, 6.45) is 4.05. The number of rotatable bonds is 7. The van der Waals surface area contributed by atoms with Gasteiger partial charge in [-0.05, 0) is 50.8 Å². The Balaban J connectivity index is 1.88. The van der Waals surface area contributed by atoms with Crippen LogP contribution in [-0.2, 0) is 4.74 Å². The van der Waals surface area contributed by atoms with Crippen LogP contribution in [0.5, 0.6) is 5.75 Å². The first-order valence-electron chi connectivity index (χ1n) is 7.80. The number of nitrogens with one attached hydrogen (secondary N) is 1. The van der Waals surface area contributed by atoms with E-state index in [1.54, 1.807) is 0 Å². The largest absolute Gasteiger partial charge is 0.491 e. The molecular formula is C17H27NO2. The van der Waals surface area contributed by atoms with Crippen LogP contribution in [0, 0.1) is 0 Å². The monoisotopic (exact) mass is 277 g/mol. The van der Waals surface area contributed by atoms with E-state index in [1.165, 1.54) is 18.4 Å². The van der Waals surface area contributed by atoms with Gasteiger partial charge in [0.2, 0.25) is 0 Å². The van der Waals surface area contributed by atoms with Crippen LogP contribution in [0.2, 0.25) is 0 Å². The first-order chi connectivity index (χ1) is 9.69. The third-order valence-electron chi connectivity index (χ3n) is 3.95. The van der Waals surface area contributed by atoms with Crippen molar-refractivity contribution in [1.82, 2.24) is 5.32 Å². The van der Waals surface area contributed by atoms with Crippen LogP contribution in [0.1, 0.15) is 51.6 Å². The summed E-state index contributed by atoms with van der Waals surface area (Å²) in [6.45, 7) is 8.28. The zero-order valence-electron chi connectivity index (χ0n) is 12.9. The minimum atomic E-state index is 0.264. The molecule has 0 saturated carbocycles. The molecule has 0 spiro atoms. The standard InChI is InChI=1S/C17H27NO2/c1-4-13(2)20-16-8-5-7-15(11-16)14(3)18-12-17-9-6-10-19-17/h5,7-8,11,13-14,17-18H,4,6,9-10,12H2,1-3H3/t13-,14+,17+/m1/s1. The summed E-state index contributed by atoms with van der Waals surface area (Å²) >= 11 is 0. The van der Waals surface area contributed by atoms with Crippen LogP contribution in [0.4, 0.5) is 0 Å². The van der Waals surface area contributed by atoms with Crippen LogP contribution in [0.15, 0.2) is 24.3 Å². The Bertz CT molecular complexity index is 402. The van der Waals surface area contributed by atoms with Gasteiger partial charge < -0.3 is 14.8 Å². The Hall–Kier alpha value is -1.06. The van der Waals surface area contributed by atoms with Gasteiger partial charge in [0.15, 0.2) is 0 Å². The van der Waals surface area contributed by atoms with Gasteiger partial charge in [-0.1, -0.05) is 19.1 Å². The van der Waals surface area contributed by atoms with E-state index < -0.39 is 0 Å². The van der Waals surface area contributed by atoms with Gasteiger partial charge in [-0.15, -0.1) is 0 Å². The van der Waals surface area contributed by atoms with E-state index in [0.717, 1.165) is 25.3 Å². The fraction of sp³-hybridized carbons (Fsp3) is 0.647. The molecule has 3 heteroatoms. The quantitative estimate of drug-likeness (QED) is 0.824. The average Bonchev–Trinajstić information content (AvgIpc) is 2.98. The maximum Gasteiger partial charge on any atom is 0.120 e. The molecule has 2 rings (SSSR count). The van der Waals surface area contributed by atoms with Crippen LogP contribution in [-0.4, -0.2) is 25.4 Å². The van der Waals surface area contributed by atoms with Crippen molar-refractivity contribution in [3.63, 3.8) is 0 Å². The van der Waals surface area contributed by atoms with E-state index in [2.05, 4.69) is 44.3 Å². The molecule has 1 aliphatic rings. The van der Waals surface area contributed by atoms with Gasteiger partial charge in [0.1, 0.15) is 5.75 Å². The highest BCUT2D eigenvalue weighted by molar-refractivity contribution is 5.30. The van der Waals surface area contributed by atoms with Crippen molar-refractivity contribution in [3.8, 4) is 5.75 Å². The molecule has 0 amide bonds. The lowest BCUT2D eigenvalue weighted by atomic mass is 10.1. The number of hydrogen-bond acceptors (Lipinski definition) is 3. The van der Waals surface area contributed by atoms with Gasteiger partial charge in [-0.25, -0.2) is 0 Å². The molecule has 0 radical (unpaired) electrons. The minimum Gasteiger partial charge on any atom is -0.491 e. The van der Waals surface area contributed by atoms with E-state index in [4.69, 9.17) is 9.47 Å². The summed E-state index contributed by atoms with van der Waals surface area (Å²) in [4.78, 5) is 0. The number of hydrogen-bond donors (Lipinski definition) is 1. The molecule has 3 atom stereocenters. The van der Waals surface area contributed by atoms with E-state index >= 15 is 0 Å². The van der Waals surface area contributed by atoms with E-state index in [0.29, 0.717) is 12.1 Å². The second-order valence-corrected chi connectivity index (χ2v) is 5.67. The third kappa shape index (κ3) is 4.50.